The Morgan fingerprint density at radius 1 is 1.27 bits per heavy atom. The summed E-state index contributed by atoms with van der Waals surface area (Å²) in [5, 5.41) is 5.15. The molecule has 0 unspecified atom stereocenters. The van der Waals surface area contributed by atoms with E-state index in [2.05, 4.69) is 36.1 Å². The van der Waals surface area contributed by atoms with Gasteiger partial charge in [-0.3, -0.25) is 4.79 Å². The zero-order valence-corrected chi connectivity index (χ0v) is 18.2. The van der Waals surface area contributed by atoms with Crippen molar-refractivity contribution in [2.24, 2.45) is 11.3 Å². The Morgan fingerprint density at radius 2 is 2.00 bits per heavy atom. The molecule has 0 fully saturated rings. The van der Waals surface area contributed by atoms with E-state index in [1.807, 2.05) is 32.1 Å². The third kappa shape index (κ3) is 4.39. The van der Waals surface area contributed by atoms with Gasteiger partial charge in [0.15, 0.2) is 0 Å². The smallest absolute Gasteiger partial charge is 0.230 e. The summed E-state index contributed by atoms with van der Waals surface area (Å²) in [6, 6.07) is 0. The Balaban J connectivity index is 1.83. The summed E-state index contributed by atoms with van der Waals surface area (Å²) in [5.41, 5.74) is 1.55. The maximum Gasteiger partial charge on any atom is 0.230 e. The van der Waals surface area contributed by atoms with E-state index in [1.54, 1.807) is 6.33 Å². The highest BCUT2D eigenvalue weighted by molar-refractivity contribution is 8.00. The molecule has 0 bridgehead atoms. The topological polar surface area (TPSA) is 54.9 Å². The lowest BCUT2D eigenvalue weighted by Gasteiger charge is -2.33. The molecule has 142 valence electrons. The van der Waals surface area contributed by atoms with Crippen LogP contribution in [0.2, 0.25) is 0 Å². The fourth-order valence-electron chi connectivity index (χ4n) is 3.52. The van der Waals surface area contributed by atoms with Gasteiger partial charge in [-0.05, 0) is 56.9 Å². The van der Waals surface area contributed by atoms with Gasteiger partial charge in [0.25, 0.3) is 0 Å². The second-order valence-electron chi connectivity index (χ2n) is 9.26. The molecule has 2 aromatic rings. The number of carbonyl (C=O) groups excluding carboxylic acids is 1. The average Bonchev–Trinajstić information content (AvgIpc) is 2.88. The second-order valence-corrected chi connectivity index (χ2v) is 11.3. The Bertz CT molecular complexity index is 815. The zero-order valence-electron chi connectivity index (χ0n) is 16.6. The van der Waals surface area contributed by atoms with E-state index in [-0.39, 0.29) is 11.4 Å². The number of aromatic nitrogens is 2. The Hall–Kier alpha value is -1.14. The Morgan fingerprint density at radius 3 is 2.65 bits per heavy atom. The molecule has 1 aliphatic carbocycles. The minimum Gasteiger partial charge on any atom is -0.351 e. The van der Waals surface area contributed by atoms with E-state index in [1.165, 1.54) is 34.0 Å². The van der Waals surface area contributed by atoms with Crippen LogP contribution in [-0.4, -0.2) is 27.2 Å². The normalized spacial score (nSPS) is 18.0. The van der Waals surface area contributed by atoms with Crippen molar-refractivity contribution in [2.75, 3.05) is 5.75 Å². The zero-order chi connectivity index (χ0) is 19.1. The van der Waals surface area contributed by atoms with E-state index in [0.717, 1.165) is 22.7 Å². The molecule has 0 saturated carbocycles. The lowest BCUT2D eigenvalue weighted by atomic mass is 9.72. The molecule has 1 N–H and O–H groups in total. The number of fused-ring (bicyclic) bond motifs is 3. The van der Waals surface area contributed by atoms with Gasteiger partial charge in [0.05, 0.1) is 5.75 Å². The van der Waals surface area contributed by atoms with Crippen LogP contribution >= 0.6 is 23.1 Å². The predicted molar refractivity (Wildman–Crippen MR) is 111 cm³/mol. The first-order chi connectivity index (χ1) is 12.0. The SMILES string of the molecule is CC(C)(C)NC(=O)CSc1ncnc2sc3c(c12)CC[C@@H](C(C)(C)C)C3. The van der Waals surface area contributed by atoms with Crippen LogP contribution < -0.4 is 5.32 Å². The lowest BCUT2D eigenvalue weighted by Crippen LogP contribution is -2.41. The van der Waals surface area contributed by atoms with Gasteiger partial charge in [-0.1, -0.05) is 32.5 Å². The number of thioether (sulfide) groups is 1. The molecule has 2 heterocycles. The van der Waals surface area contributed by atoms with Crippen molar-refractivity contribution in [3.05, 3.63) is 16.8 Å². The molecule has 0 spiro atoms. The minimum atomic E-state index is -0.206. The Labute approximate surface area is 164 Å². The monoisotopic (exact) mass is 391 g/mol. The van der Waals surface area contributed by atoms with Crippen LogP contribution in [0, 0.1) is 11.3 Å². The first-order valence-electron chi connectivity index (χ1n) is 9.23. The molecule has 6 heteroatoms. The van der Waals surface area contributed by atoms with Gasteiger partial charge in [-0.25, -0.2) is 9.97 Å². The molecule has 26 heavy (non-hydrogen) atoms. The fraction of sp³-hybridized carbons (Fsp3) is 0.650. The molecule has 1 aliphatic rings. The predicted octanol–water partition coefficient (Wildman–Crippen LogP) is 4.85. The van der Waals surface area contributed by atoms with Crippen molar-refractivity contribution in [2.45, 2.75) is 71.4 Å². The van der Waals surface area contributed by atoms with Gasteiger partial charge < -0.3 is 5.32 Å². The first-order valence-corrected chi connectivity index (χ1v) is 11.0. The van der Waals surface area contributed by atoms with Crippen molar-refractivity contribution in [1.82, 2.24) is 15.3 Å². The van der Waals surface area contributed by atoms with Crippen LogP contribution in [-0.2, 0) is 17.6 Å². The molecule has 3 rings (SSSR count). The van der Waals surface area contributed by atoms with Crippen LogP contribution in [0.4, 0.5) is 0 Å². The number of carbonyl (C=O) groups is 1. The fourth-order valence-corrected chi connectivity index (χ4v) is 5.68. The Kier molecular flexibility index (Phi) is 5.37. The molecular formula is C20H29N3OS2. The largest absolute Gasteiger partial charge is 0.351 e. The maximum absolute atomic E-state index is 12.2. The molecule has 0 aliphatic heterocycles. The van der Waals surface area contributed by atoms with E-state index >= 15 is 0 Å². The molecule has 0 radical (unpaired) electrons. The molecule has 4 nitrogen and oxygen atoms in total. The summed E-state index contributed by atoms with van der Waals surface area (Å²) in [4.78, 5) is 23.7. The number of rotatable bonds is 3. The lowest BCUT2D eigenvalue weighted by molar-refractivity contribution is -0.119. The number of nitrogens with one attached hydrogen (secondary N) is 1. The van der Waals surface area contributed by atoms with Crippen molar-refractivity contribution < 1.29 is 4.79 Å². The summed E-state index contributed by atoms with van der Waals surface area (Å²) in [6.45, 7) is 13.0. The molecule has 0 saturated heterocycles. The van der Waals surface area contributed by atoms with Gasteiger partial charge >= 0.3 is 0 Å². The quantitative estimate of drug-likeness (QED) is 0.600. The summed E-state index contributed by atoms with van der Waals surface area (Å²) in [6.07, 6.45) is 5.07. The highest BCUT2D eigenvalue weighted by Crippen LogP contribution is 2.44. The van der Waals surface area contributed by atoms with Crippen LogP contribution in [0.15, 0.2) is 11.4 Å². The number of hydrogen-bond acceptors (Lipinski definition) is 5. The van der Waals surface area contributed by atoms with E-state index in [9.17, 15) is 4.79 Å². The number of thiophene rings is 1. The van der Waals surface area contributed by atoms with Gasteiger partial charge in [0.1, 0.15) is 16.2 Å². The third-order valence-corrected chi connectivity index (χ3v) is 7.04. The highest BCUT2D eigenvalue weighted by atomic mass is 32.2. The van der Waals surface area contributed by atoms with Crippen LogP contribution in [0.5, 0.6) is 0 Å². The van der Waals surface area contributed by atoms with Crippen LogP contribution in [0.1, 0.15) is 58.4 Å². The van der Waals surface area contributed by atoms with Gasteiger partial charge in [-0.15, -0.1) is 11.3 Å². The highest BCUT2D eigenvalue weighted by Gasteiger charge is 2.31. The summed E-state index contributed by atoms with van der Waals surface area (Å²) < 4.78 is 0. The summed E-state index contributed by atoms with van der Waals surface area (Å²) in [7, 11) is 0. The second kappa shape index (κ2) is 7.12. The van der Waals surface area contributed by atoms with Gasteiger partial charge in [0, 0.05) is 15.8 Å². The number of aryl methyl sites for hydroxylation is 1. The summed E-state index contributed by atoms with van der Waals surface area (Å²) >= 11 is 3.34. The van der Waals surface area contributed by atoms with Gasteiger partial charge in [-0.2, -0.15) is 0 Å². The molecule has 2 aromatic heterocycles. The average molecular weight is 392 g/mol. The van der Waals surface area contributed by atoms with Crippen molar-refractivity contribution in [3.63, 3.8) is 0 Å². The minimum absolute atomic E-state index is 0.0474. The maximum atomic E-state index is 12.2. The van der Waals surface area contributed by atoms with Crippen molar-refractivity contribution in [1.29, 1.82) is 0 Å². The number of amides is 1. The summed E-state index contributed by atoms with van der Waals surface area (Å²) in [5.74, 6) is 1.15. The number of nitrogens with zero attached hydrogens (tertiary/aromatic N) is 2. The van der Waals surface area contributed by atoms with Gasteiger partial charge in [0.2, 0.25) is 5.91 Å². The molecule has 0 aromatic carbocycles. The number of hydrogen-bond donors (Lipinski definition) is 1. The van der Waals surface area contributed by atoms with E-state index in [0.29, 0.717) is 17.1 Å². The first kappa shape index (κ1) is 19.6. The molecule has 1 atom stereocenters. The van der Waals surface area contributed by atoms with Crippen molar-refractivity contribution in [3.8, 4) is 0 Å². The van der Waals surface area contributed by atoms with E-state index < -0.39 is 0 Å². The van der Waals surface area contributed by atoms with Crippen LogP contribution in [0.3, 0.4) is 0 Å². The van der Waals surface area contributed by atoms with E-state index in [4.69, 9.17) is 0 Å². The third-order valence-electron chi connectivity index (χ3n) is 4.89. The standard InChI is InChI=1S/C20H29N3OS2/c1-19(2,3)12-7-8-13-14(9-12)26-18-16(13)17(21-11-22-18)25-10-15(24)23-20(4,5)6/h11-12H,7-10H2,1-6H3,(H,23,24)/t12-/m1/s1. The van der Waals surface area contributed by atoms with Crippen molar-refractivity contribution >= 4 is 39.2 Å². The molecule has 1 amide bonds. The van der Waals surface area contributed by atoms with Crippen LogP contribution in [0.25, 0.3) is 10.2 Å². The molecular weight excluding hydrogens is 362 g/mol.